The van der Waals surface area contributed by atoms with E-state index in [1.165, 1.54) is 18.5 Å². The van der Waals surface area contributed by atoms with Gasteiger partial charge < -0.3 is 10.1 Å². The Morgan fingerprint density at radius 3 is 3.29 bits per heavy atom. The summed E-state index contributed by atoms with van der Waals surface area (Å²) in [7, 11) is 1.75. The first kappa shape index (κ1) is 13.0. The Kier molecular flexibility index (Phi) is 4.98. The smallest absolute Gasteiger partial charge is 0.0613 e. The average Bonchev–Trinajstić information content (AvgIpc) is 2.76. The molecule has 17 heavy (non-hydrogen) atoms. The van der Waals surface area contributed by atoms with Crippen LogP contribution in [0.2, 0.25) is 0 Å². The van der Waals surface area contributed by atoms with Crippen LogP contribution in [-0.2, 0) is 17.7 Å². The predicted molar refractivity (Wildman–Crippen MR) is 72.6 cm³/mol. The van der Waals surface area contributed by atoms with Crippen LogP contribution in [-0.4, -0.2) is 44.3 Å². The van der Waals surface area contributed by atoms with Gasteiger partial charge in [0.05, 0.1) is 6.61 Å². The Bertz CT molecular complexity index is 340. The summed E-state index contributed by atoms with van der Waals surface area (Å²) in [6, 6.07) is 2.72. The number of thiophene rings is 1. The van der Waals surface area contributed by atoms with Crippen LogP contribution in [0.4, 0.5) is 0 Å². The third-order valence-corrected chi connectivity index (χ3v) is 4.25. The van der Waals surface area contributed by atoms with E-state index < -0.39 is 0 Å². The van der Waals surface area contributed by atoms with Gasteiger partial charge in [-0.1, -0.05) is 0 Å². The van der Waals surface area contributed by atoms with E-state index >= 15 is 0 Å². The fourth-order valence-electron chi connectivity index (χ4n) is 2.28. The summed E-state index contributed by atoms with van der Waals surface area (Å²) < 4.78 is 5.11. The number of hydrogen-bond donors (Lipinski definition) is 1. The molecule has 0 bridgehead atoms. The first-order valence-electron chi connectivity index (χ1n) is 6.29. The SMILES string of the molecule is COCC(C)NCCN1CCc2sccc2C1. The maximum absolute atomic E-state index is 5.11. The van der Waals surface area contributed by atoms with E-state index in [0.29, 0.717) is 6.04 Å². The molecule has 0 saturated carbocycles. The Labute approximate surface area is 108 Å². The van der Waals surface area contributed by atoms with Crippen molar-refractivity contribution in [3.05, 3.63) is 21.9 Å². The summed E-state index contributed by atoms with van der Waals surface area (Å²) in [5, 5.41) is 5.70. The molecule has 1 aliphatic rings. The lowest BCUT2D eigenvalue weighted by atomic mass is 10.1. The molecule has 0 aliphatic carbocycles. The van der Waals surface area contributed by atoms with Crippen LogP contribution in [0.25, 0.3) is 0 Å². The molecule has 2 rings (SSSR count). The fourth-order valence-corrected chi connectivity index (χ4v) is 3.17. The highest BCUT2D eigenvalue weighted by Crippen LogP contribution is 2.23. The van der Waals surface area contributed by atoms with Gasteiger partial charge in [-0.2, -0.15) is 0 Å². The molecular formula is C13H22N2OS. The standard InChI is InChI=1S/C13H22N2OS/c1-11(10-16-2)14-5-7-15-6-3-13-12(9-15)4-8-17-13/h4,8,11,14H,3,5-7,9-10H2,1-2H3. The summed E-state index contributed by atoms with van der Waals surface area (Å²) >= 11 is 1.90. The summed E-state index contributed by atoms with van der Waals surface area (Å²) in [5.41, 5.74) is 1.53. The molecule has 1 N–H and O–H groups in total. The number of rotatable bonds is 6. The van der Waals surface area contributed by atoms with Gasteiger partial charge in [0.1, 0.15) is 0 Å². The summed E-state index contributed by atoms with van der Waals surface area (Å²) in [5.74, 6) is 0. The van der Waals surface area contributed by atoms with E-state index in [0.717, 1.165) is 26.2 Å². The van der Waals surface area contributed by atoms with Crippen molar-refractivity contribution in [1.82, 2.24) is 10.2 Å². The second kappa shape index (κ2) is 6.50. The number of nitrogens with one attached hydrogen (secondary N) is 1. The average molecular weight is 254 g/mol. The van der Waals surface area contributed by atoms with Crippen molar-refractivity contribution < 1.29 is 4.74 Å². The maximum Gasteiger partial charge on any atom is 0.0613 e. The van der Waals surface area contributed by atoms with Gasteiger partial charge in [-0.25, -0.2) is 0 Å². The molecule has 4 heteroatoms. The van der Waals surface area contributed by atoms with E-state index in [9.17, 15) is 0 Å². The molecule has 0 amide bonds. The topological polar surface area (TPSA) is 24.5 Å². The maximum atomic E-state index is 5.11. The fraction of sp³-hybridized carbons (Fsp3) is 0.692. The van der Waals surface area contributed by atoms with Crippen LogP contribution in [0.15, 0.2) is 11.4 Å². The number of nitrogens with zero attached hydrogens (tertiary/aromatic N) is 1. The molecule has 1 atom stereocenters. The molecule has 0 saturated heterocycles. The molecule has 1 aliphatic heterocycles. The summed E-state index contributed by atoms with van der Waals surface area (Å²) in [6.45, 7) is 7.45. The van der Waals surface area contributed by atoms with Crippen molar-refractivity contribution in [2.75, 3.05) is 33.4 Å². The van der Waals surface area contributed by atoms with Gasteiger partial charge in [0.15, 0.2) is 0 Å². The van der Waals surface area contributed by atoms with Gasteiger partial charge in [-0.15, -0.1) is 11.3 Å². The summed E-state index contributed by atoms with van der Waals surface area (Å²) in [6.07, 6.45) is 1.22. The van der Waals surface area contributed by atoms with Crippen LogP contribution >= 0.6 is 11.3 Å². The van der Waals surface area contributed by atoms with Crippen LogP contribution in [0.1, 0.15) is 17.4 Å². The molecule has 1 unspecified atom stereocenters. The molecule has 96 valence electrons. The van der Waals surface area contributed by atoms with Crippen molar-refractivity contribution in [3.8, 4) is 0 Å². The second-order valence-corrected chi connectivity index (χ2v) is 5.71. The van der Waals surface area contributed by atoms with Gasteiger partial charge in [-0.05, 0) is 30.4 Å². The highest BCUT2D eigenvalue weighted by Gasteiger charge is 2.16. The third-order valence-electron chi connectivity index (χ3n) is 3.22. The zero-order chi connectivity index (χ0) is 12.1. The van der Waals surface area contributed by atoms with Gasteiger partial charge in [0.2, 0.25) is 0 Å². The van der Waals surface area contributed by atoms with Gasteiger partial charge >= 0.3 is 0 Å². The molecule has 1 aromatic heterocycles. The minimum absolute atomic E-state index is 0.446. The molecular weight excluding hydrogens is 232 g/mol. The van der Waals surface area contributed by atoms with Gasteiger partial charge in [0, 0.05) is 44.2 Å². The van der Waals surface area contributed by atoms with Gasteiger partial charge in [-0.3, -0.25) is 4.90 Å². The van der Waals surface area contributed by atoms with Crippen LogP contribution in [0.5, 0.6) is 0 Å². The number of methoxy groups -OCH3 is 1. The van der Waals surface area contributed by atoms with Gasteiger partial charge in [0.25, 0.3) is 0 Å². The first-order valence-corrected chi connectivity index (χ1v) is 7.17. The second-order valence-electron chi connectivity index (χ2n) is 4.71. The predicted octanol–water partition coefficient (Wildman–Crippen LogP) is 1.73. The first-order chi connectivity index (χ1) is 8.29. The van der Waals surface area contributed by atoms with E-state index in [2.05, 4.69) is 28.6 Å². The van der Waals surface area contributed by atoms with Crippen molar-refractivity contribution in [3.63, 3.8) is 0 Å². The van der Waals surface area contributed by atoms with E-state index in [1.54, 1.807) is 12.0 Å². The lowest BCUT2D eigenvalue weighted by molar-refractivity contribution is 0.168. The minimum Gasteiger partial charge on any atom is -0.383 e. The monoisotopic (exact) mass is 254 g/mol. The van der Waals surface area contributed by atoms with Crippen molar-refractivity contribution in [1.29, 1.82) is 0 Å². The van der Waals surface area contributed by atoms with E-state index in [-0.39, 0.29) is 0 Å². The zero-order valence-electron chi connectivity index (χ0n) is 10.7. The number of fused-ring (bicyclic) bond motifs is 1. The molecule has 2 heterocycles. The lowest BCUT2D eigenvalue weighted by Gasteiger charge is -2.27. The highest BCUT2D eigenvalue weighted by atomic mass is 32.1. The Hall–Kier alpha value is -0.420. The Morgan fingerprint density at radius 2 is 2.47 bits per heavy atom. The Balaban J connectivity index is 1.68. The normalized spacial score (nSPS) is 18.0. The Morgan fingerprint density at radius 1 is 1.59 bits per heavy atom. The molecule has 0 radical (unpaired) electrons. The third kappa shape index (κ3) is 3.78. The van der Waals surface area contributed by atoms with Crippen molar-refractivity contribution in [2.24, 2.45) is 0 Å². The quantitative estimate of drug-likeness (QED) is 0.837. The number of ether oxygens (including phenoxy) is 1. The van der Waals surface area contributed by atoms with Crippen LogP contribution in [0.3, 0.4) is 0 Å². The van der Waals surface area contributed by atoms with Crippen LogP contribution in [0, 0.1) is 0 Å². The molecule has 0 spiro atoms. The zero-order valence-corrected chi connectivity index (χ0v) is 11.6. The van der Waals surface area contributed by atoms with Crippen molar-refractivity contribution >= 4 is 11.3 Å². The highest BCUT2D eigenvalue weighted by molar-refractivity contribution is 7.10. The molecule has 0 fully saturated rings. The number of hydrogen-bond acceptors (Lipinski definition) is 4. The molecule has 0 aromatic carbocycles. The summed E-state index contributed by atoms with van der Waals surface area (Å²) in [4.78, 5) is 4.11. The minimum atomic E-state index is 0.446. The largest absolute Gasteiger partial charge is 0.383 e. The lowest BCUT2D eigenvalue weighted by Crippen LogP contribution is -2.39. The molecule has 3 nitrogen and oxygen atoms in total. The van der Waals surface area contributed by atoms with E-state index in [1.807, 2.05) is 11.3 Å². The van der Waals surface area contributed by atoms with Crippen LogP contribution < -0.4 is 5.32 Å². The molecule has 1 aromatic rings. The van der Waals surface area contributed by atoms with Crippen molar-refractivity contribution in [2.45, 2.75) is 25.9 Å². The van der Waals surface area contributed by atoms with E-state index in [4.69, 9.17) is 4.74 Å².